The van der Waals surface area contributed by atoms with E-state index in [2.05, 4.69) is 15.3 Å². The summed E-state index contributed by atoms with van der Waals surface area (Å²) in [7, 11) is 0. The smallest absolute Gasteiger partial charge is 0.453 e. The van der Waals surface area contributed by atoms with Gasteiger partial charge in [0.1, 0.15) is 11.6 Å². The molecule has 1 N–H and O–H groups in total. The van der Waals surface area contributed by atoms with E-state index in [0.717, 1.165) is 22.9 Å². The molecule has 0 saturated carbocycles. The van der Waals surface area contributed by atoms with E-state index in [1.165, 1.54) is 11.6 Å². The van der Waals surface area contributed by atoms with Gasteiger partial charge in [0.05, 0.1) is 0 Å². The van der Waals surface area contributed by atoms with Gasteiger partial charge in [-0.25, -0.2) is 0 Å². The number of piperidine rings is 1. The Balaban J connectivity index is 1.54. The van der Waals surface area contributed by atoms with Crippen LogP contribution in [0.4, 0.5) is 19.0 Å². The van der Waals surface area contributed by atoms with Crippen molar-refractivity contribution in [3.63, 3.8) is 0 Å². The minimum atomic E-state index is -4.60. The Kier molecular flexibility index (Phi) is 4.16. The Hall–Kier alpha value is -2.84. The first-order chi connectivity index (χ1) is 12.8. The highest BCUT2D eigenvalue weighted by atomic mass is 19.4. The number of anilines is 1. The minimum absolute atomic E-state index is 0.0701. The summed E-state index contributed by atoms with van der Waals surface area (Å²) in [4.78, 5) is 1.98. The summed E-state index contributed by atoms with van der Waals surface area (Å²) in [6.45, 7) is 3.35. The number of alkyl halides is 3. The van der Waals surface area contributed by atoms with E-state index in [1.54, 1.807) is 18.2 Å². The number of halogens is 3. The second kappa shape index (κ2) is 6.40. The third kappa shape index (κ3) is 3.29. The molecule has 1 aliphatic rings. The molecule has 0 unspecified atom stereocenters. The Labute approximate surface area is 153 Å². The molecule has 142 valence electrons. The molecule has 0 aliphatic carbocycles. The van der Waals surface area contributed by atoms with E-state index < -0.39 is 12.0 Å². The lowest BCUT2D eigenvalue weighted by Gasteiger charge is -2.33. The van der Waals surface area contributed by atoms with Crippen molar-refractivity contribution < 1.29 is 18.3 Å². The molecule has 9 heteroatoms. The van der Waals surface area contributed by atoms with Crippen molar-refractivity contribution in [1.29, 1.82) is 0 Å². The number of aromatic nitrogens is 4. The van der Waals surface area contributed by atoms with Gasteiger partial charge in [-0.2, -0.15) is 17.7 Å². The van der Waals surface area contributed by atoms with Gasteiger partial charge in [-0.3, -0.25) is 0 Å². The van der Waals surface area contributed by atoms with Crippen LogP contribution in [-0.2, 0) is 6.18 Å². The number of aryl methyl sites for hydroxylation is 1. The standard InChI is InChI=1S/C18H18F3N5O/c1-11-10-13(27)2-3-14(11)12-6-8-25(9-7-12)16-5-4-15-22-23-17(18(19,20)21)26(15)24-16/h2-5,10,12,27H,6-9H2,1H3. The zero-order valence-corrected chi connectivity index (χ0v) is 14.6. The van der Waals surface area contributed by atoms with Crippen molar-refractivity contribution in [2.75, 3.05) is 18.0 Å². The Bertz CT molecular complexity index is 977. The predicted molar refractivity (Wildman–Crippen MR) is 92.8 cm³/mol. The summed E-state index contributed by atoms with van der Waals surface area (Å²) in [6, 6.07) is 8.57. The van der Waals surface area contributed by atoms with Crippen molar-refractivity contribution >= 4 is 11.5 Å². The molecule has 27 heavy (non-hydrogen) atoms. The van der Waals surface area contributed by atoms with E-state index in [4.69, 9.17) is 0 Å². The first-order valence-electron chi connectivity index (χ1n) is 8.67. The Morgan fingerprint density at radius 1 is 1.07 bits per heavy atom. The number of hydrogen-bond acceptors (Lipinski definition) is 5. The highest BCUT2D eigenvalue weighted by molar-refractivity contribution is 5.47. The molecule has 1 saturated heterocycles. The average molecular weight is 377 g/mol. The molecule has 0 amide bonds. The number of phenolic OH excluding ortho intramolecular Hbond substituents is 1. The second-order valence-electron chi connectivity index (χ2n) is 6.79. The molecule has 1 aliphatic heterocycles. The molecule has 1 aromatic carbocycles. The third-order valence-corrected chi connectivity index (χ3v) is 5.01. The quantitative estimate of drug-likeness (QED) is 0.740. The normalized spacial score (nSPS) is 16.2. The summed E-state index contributed by atoms with van der Waals surface area (Å²) in [5.41, 5.74) is 2.32. The number of phenols is 1. The van der Waals surface area contributed by atoms with Gasteiger partial charge in [0.15, 0.2) is 5.65 Å². The van der Waals surface area contributed by atoms with Crippen LogP contribution in [0.2, 0.25) is 0 Å². The van der Waals surface area contributed by atoms with Crippen LogP contribution in [0.25, 0.3) is 5.65 Å². The van der Waals surface area contributed by atoms with Crippen LogP contribution in [0.15, 0.2) is 30.3 Å². The van der Waals surface area contributed by atoms with Crippen LogP contribution in [-0.4, -0.2) is 38.0 Å². The number of benzene rings is 1. The molecule has 2 aromatic heterocycles. The van der Waals surface area contributed by atoms with Crippen molar-refractivity contribution in [2.45, 2.75) is 31.9 Å². The van der Waals surface area contributed by atoms with Crippen LogP contribution in [0.5, 0.6) is 5.75 Å². The number of nitrogens with zero attached hydrogens (tertiary/aromatic N) is 5. The SMILES string of the molecule is Cc1cc(O)ccc1C1CCN(c2ccc3nnc(C(F)(F)F)n3n2)CC1. The first-order valence-corrected chi connectivity index (χ1v) is 8.67. The molecular weight excluding hydrogens is 359 g/mol. The maximum absolute atomic E-state index is 13.0. The highest BCUT2D eigenvalue weighted by Gasteiger charge is 2.38. The van der Waals surface area contributed by atoms with E-state index in [1.807, 2.05) is 17.9 Å². The molecule has 0 spiro atoms. The molecule has 0 bridgehead atoms. The topological polar surface area (TPSA) is 66.5 Å². The van der Waals surface area contributed by atoms with Crippen LogP contribution in [0.1, 0.15) is 35.7 Å². The van der Waals surface area contributed by atoms with Crippen LogP contribution in [0.3, 0.4) is 0 Å². The average Bonchev–Trinajstić information content (AvgIpc) is 3.05. The Morgan fingerprint density at radius 3 is 2.48 bits per heavy atom. The van der Waals surface area contributed by atoms with Gasteiger partial charge in [0.25, 0.3) is 5.82 Å². The summed E-state index contributed by atoms with van der Waals surface area (Å²) in [6.07, 6.45) is -2.88. The van der Waals surface area contributed by atoms with E-state index in [-0.39, 0.29) is 11.4 Å². The predicted octanol–water partition coefficient (Wildman–Crippen LogP) is 3.54. The summed E-state index contributed by atoms with van der Waals surface area (Å²) >= 11 is 0. The van der Waals surface area contributed by atoms with Gasteiger partial charge >= 0.3 is 6.18 Å². The number of aromatic hydroxyl groups is 1. The van der Waals surface area contributed by atoms with Crippen molar-refractivity contribution in [2.24, 2.45) is 0 Å². The van der Waals surface area contributed by atoms with Gasteiger partial charge in [-0.15, -0.1) is 15.3 Å². The van der Waals surface area contributed by atoms with Gasteiger partial charge in [-0.1, -0.05) is 6.07 Å². The maximum atomic E-state index is 13.0. The fraction of sp³-hybridized carbons (Fsp3) is 0.389. The molecule has 0 radical (unpaired) electrons. The fourth-order valence-corrected chi connectivity index (χ4v) is 3.66. The summed E-state index contributed by atoms with van der Waals surface area (Å²) < 4.78 is 39.9. The van der Waals surface area contributed by atoms with Crippen molar-refractivity contribution in [3.05, 3.63) is 47.3 Å². The van der Waals surface area contributed by atoms with Gasteiger partial charge in [-0.05, 0) is 61.1 Å². The first kappa shape index (κ1) is 17.6. The van der Waals surface area contributed by atoms with Crippen molar-refractivity contribution in [1.82, 2.24) is 19.8 Å². The van der Waals surface area contributed by atoms with Gasteiger partial charge in [0, 0.05) is 13.1 Å². The number of hydrogen-bond donors (Lipinski definition) is 1. The maximum Gasteiger partial charge on any atom is 0.453 e. The lowest BCUT2D eigenvalue weighted by atomic mass is 9.87. The van der Waals surface area contributed by atoms with E-state index >= 15 is 0 Å². The number of rotatable bonds is 2. The molecule has 0 atom stereocenters. The largest absolute Gasteiger partial charge is 0.508 e. The van der Waals surface area contributed by atoms with Crippen LogP contribution in [0, 0.1) is 6.92 Å². The third-order valence-electron chi connectivity index (χ3n) is 5.01. The molecule has 6 nitrogen and oxygen atoms in total. The minimum Gasteiger partial charge on any atom is -0.508 e. The van der Waals surface area contributed by atoms with E-state index in [9.17, 15) is 18.3 Å². The molecule has 3 heterocycles. The highest BCUT2D eigenvalue weighted by Crippen LogP contribution is 2.33. The summed E-state index contributed by atoms with van der Waals surface area (Å²) in [5, 5.41) is 20.4. The molecule has 4 rings (SSSR count). The molecular formula is C18H18F3N5O. The Morgan fingerprint density at radius 2 is 1.81 bits per heavy atom. The van der Waals surface area contributed by atoms with Crippen molar-refractivity contribution in [3.8, 4) is 5.75 Å². The molecule has 3 aromatic rings. The summed E-state index contributed by atoms with van der Waals surface area (Å²) in [5.74, 6) is -0.0329. The van der Waals surface area contributed by atoms with E-state index in [0.29, 0.717) is 24.8 Å². The zero-order valence-electron chi connectivity index (χ0n) is 14.6. The lowest BCUT2D eigenvalue weighted by molar-refractivity contribution is -0.146. The zero-order chi connectivity index (χ0) is 19.2. The number of fused-ring (bicyclic) bond motifs is 1. The van der Waals surface area contributed by atoms with Gasteiger partial charge in [0.2, 0.25) is 0 Å². The second-order valence-corrected chi connectivity index (χ2v) is 6.79. The lowest BCUT2D eigenvalue weighted by Crippen LogP contribution is -2.34. The fourth-order valence-electron chi connectivity index (χ4n) is 3.66. The van der Waals surface area contributed by atoms with Crippen LogP contribution < -0.4 is 4.90 Å². The monoisotopic (exact) mass is 377 g/mol. The molecule has 1 fully saturated rings. The van der Waals surface area contributed by atoms with Crippen LogP contribution >= 0.6 is 0 Å². The van der Waals surface area contributed by atoms with Gasteiger partial charge < -0.3 is 10.0 Å².